The average molecular weight is 490 g/mol. The number of anilines is 1. The fourth-order valence-corrected chi connectivity index (χ4v) is 4.45. The highest BCUT2D eigenvalue weighted by Crippen LogP contribution is 2.41. The lowest BCUT2D eigenvalue weighted by Gasteiger charge is -2.38. The van der Waals surface area contributed by atoms with Gasteiger partial charge in [0, 0.05) is 37.2 Å². The first-order valence-corrected chi connectivity index (χ1v) is 11.2. The summed E-state index contributed by atoms with van der Waals surface area (Å²) in [5, 5.41) is 4.28. The quantitative estimate of drug-likeness (QED) is 0.497. The Morgan fingerprint density at radius 1 is 1.11 bits per heavy atom. The smallest absolute Gasteiger partial charge is 0.420 e. The number of halogens is 4. The molecule has 0 aliphatic carbocycles. The van der Waals surface area contributed by atoms with Crippen LogP contribution in [0.3, 0.4) is 0 Å². The van der Waals surface area contributed by atoms with E-state index in [1.807, 2.05) is 0 Å². The molecule has 1 saturated heterocycles. The number of nitrogens with zero attached hydrogens (tertiary/aromatic N) is 4. The zero-order valence-electron chi connectivity index (χ0n) is 18.5. The summed E-state index contributed by atoms with van der Waals surface area (Å²) < 4.78 is 67.4. The zero-order chi connectivity index (χ0) is 24.6. The second-order valence-corrected chi connectivity index (χ2v) is 8.44. The minimum Gasteiger partial charge on any atom is -0.466 e. The van der Waals surface area contributed by atoms with Crippen LogP contribution in [0.15, 0.2) is 53.7 Å². The molecule has 2 aliphatic rings. The SMILES string of the molecule is O=c1cc(N2CCc3cnccc3C2Oc2ccc(F)cc2C(F)(F)F)cnn1C1CCCCO1. The van der Waals surface area contributed by atoms with Crippen LogP contribution in [0.5, 0.6) is 5.75 Å². The minimum absolute atomic E-state index is 0.344. The lowest BCUT2D eigenvalue weighted by molar-refractivity contribution is -0.139. The van der Waals surface area contributed by atoms with Gasteiger partial charge in [0.25, 0.3) is 5.56 Å². The first kappa shape index (κ1) is 23.3. The molecule has 0 amide bonds. The summed E-state index contributed by atoms with van der Waals surface area (Å²) in [5.41, 5.74) is 0.197. The maximum atomic E-state index is 13.6. The predicted octanol–water partition coefficient (Wildman–Crippen LogP) is 4.64. The van der Waals surface area contributed by atoms with Crippen LogP contribution >= 0.6 is 0 Å². The van der Waals surface area contributed by atoms with E-state index in [2.05, 4.69) is 10.1 Å². The number of rotatable bonds is 4. The molecule has 2 atom stereocenters. The van der Waals surface area contributed by atoms with Crippen molar-refractivity contribution < 1.29 is 27.0 Å². The number of hydrogen-bond acceptors (Lipinski definition) is 6. The molecule has 0 N–H and O–H groups in total. The molecule has 2 aromatic heterocycles. The molecule has 0 spiro atoms. The lowest BCUT2D eigenvalue weighted by Crippen LogP contribution is -2.40. The number of aromatic nitrogens is 3. The predicted molar refractivity (Wildman–Crippen MR) is 117 cm³/mol. The van der Waals surface area contributed by atoms with Crippen molar-refractivity contribution in [2.75, 3.05) is 18.1 Å². The number of alkyl halides is 3. The molecule has 4 heterocycles. The van der Waals surface area contributed by atoms with E-state index in [0.717, 1.165) is 30.5 Å². The molecule has 1 aromatic carbocycles. The first-order chi connectivity index (χ1) is 16.8. The molecule has 35 heavy (non-hydrogen) atoms. The largest absolute Gasteiger partial charge is 0.466 e. The number of benzene rings is 1. The van der Waals surface area contributed by atoms with E-state index < -0.39 is 35.8 Å². The van der Waals surface area contributed by atoms with Crippen LogP contribution in [0.4, 0.5) is 23.2 Å². The monoisotopic (exact) mass is 490 g/mol. The molecule has 0 bridgehead atoms. The first-order valence-electron chi connectivity index (χ1n) is 11.2. The van der Waals surface area contributed by atoms with Crippen molar-refractivity contribution >= 4 is 5.69 Å². The van der Waals surface area contributed by atoms with Crippen molar-refractivity contribution in [1.82, 2.24) is 14.8 Å². The third-order valence-corrected chi connectivity index (χ3v) is 6.17. The van der Waals surface area contributed by atoms with E-state index in [-0.39, 0.29) is 5.56 Å². The molecule has 3 aromatic rings. The van der Waals surface area contributed by atoms with Crippen molar-refractivity contribution in [3.63, 3.8) is 0 Å². The van der Waals surface area contributed by atoms with E-state index in [0.29, 0.717) is 43.3 Å². The van der Waals surface area contributed by atoms with Gasteiger partial charge in [-0.05, 0) is 55.5 Å². The van der Waals surface area contributed by atoms with Crippen molar-refractivity contribution in [2.45, 2.75) is 44.3 Å². The van der Waals surface area contributed by atoms with E-state index in [4.69, 9.17) is 9.47 Å². The number of pyridine rings is 1. The molecular formula is C24H22F4N4O3. The summed E-state index contributed by atoms with van der Waals surface area (Å²) in [6.07, 6.45) is 1.41. The molecule has 7 nitrogen and oxygen atoms in total. The van der Waals surface area contributed by atoms with E-state index >= 15 is 0 Å². The standard InChI is InChI=1S/C24H22F4N4O3/c25-16-4-5-20(19(11-16)24(26,27)28)35-23-18-6-8-29-13-15(18)7-9-31(23)17-12-21(33)32(30-14-17)22-3-1-2-10-34-22/h4-6,8,11-14,22-23H,1-3,7,9-10H2. The molecule has 184 valence electrons. The fraction of sp³-hybridized carbons (Fsp3) is 0.375. The number of hydrogen-bond donors (Lipinski definition) is 0. The molecule has 5 rings (SSSR count). The third kappa shape index (κ3) is 4.72. The highest BCUT2D eigenvalue weighted by Gasteiger charge is 2.37. The Balaban J connectivity index is 1.53. The highest BCUT2D eigenvalue weighted by molar-refractivity contribution is 5.50. The van der Waals surface area contributed by atoms with Gasteiger partial charge in [0.05, 0.1) is 11.9 Å². The van der Waals surface area contributed by atoms with Gasteiger partial charge in [0.15, 0.2) is 12.5 Å². The van der Waals surface area contributed by atoms with Gasteiger partial charge in [-0.25, -0.2) is 9.07 Å². The van der Waals surface area contributed by atoms with E-state index in [9.17, 15) is 22.4 Å². The molecular weight excluding hydrogens is 468 g/mol. The molecule has 0 radical (unpaired) electrons. The molecule has 11 heteroatoms. The molecule has 0 saturated carbocycles. The lowest BCUT2D eigenvalue weighted by atomic mass is 10.00. The molecule has 1 fully saturated rings. The van der Waals surface area contributed by atoms with Gasteiger partial charge in [-0.3, -0.25) is 9.78 Å². The highest BCUT2D eigenvalue weighted by atomic mass is 19.4. The summed E-state index contributed by atoms with van der Waals surface area (Å²) >= 11 is 0. The summed E-state index contributed by atoms with van der Waals surface area (Å²) in [5.74, 6) is -1.54. The van der Waals surface area contributed by atoms with Gasteiger partial charge in [-0.1, -0.05) is 0 Å². The van der Waals surface area contributed by atoms with Gasteiger partial charge >= 0.3 is 6.18 Å². The van der Waals surface area contributed by atoms with Crippen LogP contribution in [0.25, 0.3) is 0 Å². The van der Waals surface area contributed by atoms with Crippen LogP contribution in [-0.4, -0.2) is 27.9 Å². The minimum atomic E-state index is -4.82. The third-order valence-electron chi connectivity index (χ3n) is 6.17. The van der Waals surface area contributed by atoms with Gasteiger partial charge in [0.2, 0.25) is 0 Å². The maximum Gasteiger partial charge on any atom is 0.420 e. The van der Waals surface area contributed by atoms with Crippen molar-refractivity contribution in [1.29, 1.82) is 0 Å². The van der Waals surface area contributed by atoms with Gasteiger partial charge in [-0.2, -0.15) is 18.3 Å². The summed E-state index contributed by atoms with van der Waals surface area (Å²) in [4.78, 5) is 18.6. The van der Waals surface area contributed by atoms with Crippen LogP contribution < -0.4 is 15.2 Å². The maximum absolute atomic E-state index is 13.6. The Bertz CT molecular complexity index is 1270. The normalized spacial score (nSPS) is 20.4. The van der Waals surface area contributed by atoms with Crippen LogP contribution in [0.1, 0.15) is 48.4 Å². The Morgan fingerprint density at radius 2 is 1.97 bits per heavy atom. The van der Waals surface area contributed by atoms with E-state index in [1.165, 1.54) is 23.1 Å². The van der Waals surface area contributed by atoms with Gasteiger partial charge < -0.3 is 14.4 Å². The second kappa shape index (κ2) is 9.29. The summed E-state index contributed by atoms with van der Waals surface area (Å²) in [6.45, 7) is 0.892. The Labute approximate surface area is 197 Å². The van der Waals surface area contributed by atoms with Crippen molar-refractivity contribution in [2.24, 2.45) is 0 Å². The summed E-state index contributed by atoms with van der Waals surface area (Å²) in [6, 6.07) is 5.32. The number of fused-ring (bicyclic) bond motifs is 1. The fourth-order valence-electron chi connectivity index (χ4n) is 4.45. The second-order valence-electron chi connectivity index (χ2n) is 8.44. The van der Waals surface area contributed by atoms with Crippen LogP contribution in [-0.2, 0) is 17.3 Å². The summed E-state index contributed by atoms with van der Waals surface area (Å²) in [7, 11) is 0. The van der Waals surface area contributed by atoms with Crippen molar-refractivity contribution in [3.05, 3.63) is 81.8 Å². The Hall–Kier alpha value is -3.47. The zero-order valence-corrected chi connectivity index (χ0v) is 18.5. The van der Waals surface area contributed by atoms with E-state index in [1.54, 1.807) is 17.2 Å². The topological polar surface area (TPSA) is 69.5 Å². The average Bonchev–Trinajstić information content (AvgIpc) is 2.85. The number of ether oxygens (including phenoxy) is 2. The molecule has 2 aliphatic heterocycles. The molecule has 2 unspecified atom stereocenters. The van der Waals surface area contributed by atoms with Crippen LogP contribution in [0.2, 0.25) is 0 Å². The van der Waals surface area contributed by atoms with Gasteiger partial charge in [0.1, 0.15) is 17.1 Å². The van der Waals surface area contributed by atoms with Gasteiger partial charge in [-0.15, -0.1) is 0 Å². The van der Waals surface area contributed by atoms with Crippen molar-refractivity contribution in [3.8, 4) is 5.75 Å². The van der Waals surface area contributed by atoms with Crippen LogP contribution in [0, 0.1) is 5.82 Å². The Kier molecular flexibility index (Phi) is 6.18. The Morgan fingerprint density at radius 3 is 2.71 bits per heavy atom.